The van der Waals surface area contributed by atoms with Gasteiger partial charge in [0.1, 0.15) is 6.04 Å². The third kappa shape index (κ3) is 3.79. The van der Waals surface area contributed by atoms with Gasteiger partial charge in [0.2, 0.25) is 0 Å². The molecule has 0 aliphatic carbocycles. The van der Waals surface area contributed by atoms with E-state index < -0.39 is 16.9 Å². The van der Waals surface area contributed by atoms with E-state index >= 15 is 0 Å². The Morgan fingerprint density at radius 3 is 2.68 bits per heavy atom. The maximum atomic E-state index is 11.4. The van der Waals surface area contributed by atoms with Gasteiger partial charge < -0.3 is 10.5 Å². The maximum Gasteiger partial charge on any atom is 0.323 e. The first-order valence-corrected chi connectivity index (χ1v) is 6.17. The maximum absolute atomic E-state index is 11.4. The monoisotopic (exact) mass is 306 g/mol. The molecule has 0 heterocycles. The lowest BCUT2D eigenvalue weighted by Gasteiger charge is -2.12. The molecule has 0 fully saturated rings. The summed E-state index contributed by atoms with van der Waals surface area (Å²) in [6.07, 6.45) is -0.117. The first kappa shape index (κ1) is 15.7. The number of hydrogen-bond donors (Lipinski definition) is 1. The lowest BCUT2D eigenvalue weighted by atomic mass is 10.0. The van der Waals surface area contributed by atoms with Crippen molar-refractivity contribution in [3.8, 4) is 0 Å². The molecule has 0 aromatic heterocycles. The van der Waals surface area contributed by atoms with Gasteiger partial charge in [-0.3, -0.25) is 14.9 Å². The molecular formula is C11H12Cl2N2O4. The van der Waals surface area contributed by atoms with Gasteiger partial charge >= 0.3 is 5.97 Å². The number of esters is 1. The SMILES string of the molecule is CCOC(=O)C(N)Cc1c([N+](=O)[O-])ccc(Cl)c1Cl. The third-order valence-electron chi connectivity index (χ3n) is 2.38. The molecule has 1 unspecified atom stereocenters. The zero-order valence-corrected chi connectivity index (χ0v) is 11.6. The summed E-state index contributed by atoms with van der Waals surface area (Å²) in [4.78, 5) is 21.7. The van der Waals surface area contributed by atoms with Gasteiger partial charge in [-0.05, 0) is 13.0 Å². The van der Waals surface area contributed by atoms with E-state index in [-0.39, 0.29) is 34.3 Å². The van der Waals surface area contributed by atoms with Crippen molar-refractivity contribution in [3.05, 3.63) is 37.9 Å². The highest BCUT2D eigenvalue weighted by Crippen LogP contribution is 2.33. The number of carbonyl (C=O) groups excluding carboxylic acids is 1. The van der Waals surface area contributed by atoms with Crippen LogP contribution >= 0.6 is 23.2 Å². The minimum Gasteiger partial charge on any atom is -0.465 e. The summed E-state index contributed by atoms with van der Waals surface area (Å²) >= 11 is 11.7. The molecule has 19 heavy (non-hydrogen) atoms. The van der Waals surface area contributed by atoms with Gasteiger partial charge in [0.15, 0.2) is 0 Å². The average Bonchev–Trinajstić information content (AvgIpc) is 2.34. The van der Waals surface area contributed by atoms with Gasteiger partial charge in [-0.1, -0.05) is 23.2 Å². The van der Waals surface area contributed by atoms with Crippen LogP contribution in [0.4, 0.5) is 5.69 Å². The molecule has 0 saturated carbocycles. The zero-order chi connectivity index (χ0) is 14.6. The highest BCUT2D eigenvalue weighted by Gasteiger charge is 2.24. The summed E-state index contributed by atoms with van der Waals surface area (Å²) in [5.74, 6) is -0.646. The molecule has 0 amide bonds. The van der Waals surface area contributed by atoms with Crippen molar-refractivity contribution >= 4 is 34.9 Å². The molecule has 0 aliphatic heterocycles. The fraction of sp³-hybridized carbons (Fsp3) is 0.364. The van der Waals surface area contributed by atoms with E-state index in [9.17, 15) is 14.9 Å². The Balaban J connectivity index is 3.08. The van der Waals surface area contributed by atoms with Crippen LogP contribution in [0.15, 0.2) is 12.1 Å². The third-order valence-corrected chi connectivity index (χ3v) is 3.22. The molecule has 1 aromatic carbocycles. The number of ether oxygens (including phenoxy) is 1. The predicted molar refractivity (Wildman–Crippen MR) is 71.4 cm³/mol. The van der Waals surface area contributed by atoms with E-state index in [1.165, 1.54) is 12.1 Å². The fourth-order valence-electron chi connectivity index (χ4n) is 1.50. The summed E-state index contributed by atoms with van der Waals surface area (Å²) in [5, 5.41) is 11.1. The van der Waals surface area contributed by atoms with Crippen LogP contribution in [0.25, 0.3) is 0 Å². The van der Waals surface area contributed by atoms with Gasteiger partial charge in [-0.2, -0.15) is 0 Å². The quantitative estimate of drug-likeness (QED) is 0.511. The minimum atomic E-state index is -1.03. The molecule has 1 rings (SSSR count). The number of benzene rings is 1. The number of nitrogens with two attached hydrogens (primary N) is 1. The summed E-state index contributed by atoms with van der Waals surface area (Å²) < 4.78 is 4.74. The van der Waals surface area contributed by atoms with Crippen molar-refractivity contribution in [2.45, 2.75) is 19.4 Å². The second-order valence-electron chi connectivity index (χ2n) is 3.68. The summed E-state index contributed by atoms with van der Waals surface area (Å²) in [7, 11) is 0. The lowest BCUT2D eigenvalue weighted by molar-refractivity contribution is -0.385. The second kappa shape index (κ2) is 6.70. The number of halogens is 2. The number of carbonyl (C=O) groups is 1. The molecule has 2 N–H and O–H groups in total. The summed E-state index contributed by atoms with van der Waals surface area (Å²) in [5.41, 5.74) is 5.52. The Morgan fingerprint density at radius 2 is 2.16 bits per heavy atom. The number of hydrogen-bond acceptors (Lipinski definition) is 5. The normalized spacial score (nSPS) is 12.0. The van der Waals surface area contributed by atoms with Crippen molar-refractivity contribution in [2.24, 2.45) is 5.73 Å². The van der Waals surface area contributed by atoms with Crippen LogP contribution in [-0.2, 0) is 16.0 Å². The van der Waals surface area contributed by atoms with E-state index in [4.69, 9.17) is 33.7 Å². The van der Waals surface area contributed by atoms with Gasteiger partial charge in [-0.15, -0.1) is 0 Å². The largest absolute Gasteiger partial charge is 0.465 e. The fourth-order valence-corrected chi connectivity index (χ4v) is 1.91. The Morgan fingerprint density at radius 1 is 1.53 bits per heavy atom. The van der Waals surface area contributed by atoms with Crippen LogP contribution < -0.4 is 5.73 Å². The Hall–Kier alpha value is -1.37. The van der Waals surface area contributed by atoms with Crippen LogP contribution in [0.5, 0.6) is 0 Å². The molecule has 0 radical (unpaired) electrons. The number of nitro groups is 1. The molecular weight excluding hydrogens is 295 g/mol. The van der Waals surface area contributed by atoms with E-state index in [1.54, 1.807) is 6.92 Å². The van der Waals surface area contributed by atoms with Crippen molar-refractivity contribution in [1.29, 1.82) is 0 Å². The van der Waals surface area contributed by atoms with E-state index in [1.807, 2.05) is 0 Å². The smallest absolute Gasteiger partial charge is 0.323 e. The van der Waals surface area contributed by atoms with Gasteiger partial charge in [0, 0.05) is 12.5 Å². The first-order chi connectivity index (χ1) is 8.88. The molecule has 0 aliphatic rings. The van der Waals surface area contributed by atoms with Crippen LogP contribution in [0.2, 0.25) is 10.0 Å². The Kier molecular flexibility index (Phi) is 5.53. The highest BCUT2D eigenvalue weighted by molar-refractivity contribution is 6.42. The topological polar surface area (TPSA) is 95.5 Å². The van der Waals surface area contributed by atoms with Crippen molar-refractivity contribution < 1.29 is 14.5 Å². The molecule has 0 saturated heterocycles. The van der Waals surface area contributed by atoms with Crippen LogP contribution in [0.3, 0.4) is 0 Å². The second-order valence-corrected chi connectivity index (χ2v) is 4.46. The number of nitrogens with zero attached hydrogens (tertiary/aromatic N) is 1. The zero-order valence-electron chi connectivity index (χ0n) is 10.1. The Bertz CT molecular complexity index is 508. The number of rotatable bonds is 5. The minimum absolute atomic E-state index is 0.0237. The molecule has 1 aromatic rings. The van der Waals surface area contributed by atoms with E-state index in [2.05, 4.69) is 0 Å². The standard InChI is InChI=1S/C11H12Cl2N2O4/c1-2-19-11(16)8(14)5-6-9(15(17)18)4-3-7(12)10(6)13/h3-4,8H,2,5,14H2,1H3. The summed E-state index contributed by atoms with van der Waals surface area (Å²) in [6.45, 7) is 1.82. The van der Waals surface area contributed by atoms with E-state index in [0.717, 1.165) is 0 Å². The first-order valence-electron chi connectivity index (χ1n) is 5.42. The average molecular weight is 307 g/mol. The van der Waals surface area contributed by atoms with Gasteiger partial charge in [0.25, 0.3) is 5.69 Å². The predicted octanol–water partition coefficient (Wildman–Crippen LogP) is 2.33. The van der Waals surface area contributed by atoms with Crippen LogP contribution in [-0.4, -0.2) is 23.5 Å². The number of nitro benzene ring substituents is 1. The summed E-state index contributed by atoms with van der Waals surface area (Å²) in [6, 6.07) is 1.51. The van der Waals surface area contributed by atoms with Crippen molar-refractivity contribution in [1.82, 2.24) is 0 Å². The van der Waals surface area contributed by atoms with Crippen LogP contribution in [0, 0.1) is 10.1 Å². The van der Waals surface area contributed by atoms with Crippen molar-refractivity contribution in [2.75, 3.05) is 6.61 Å². The lowest BCUT2D eigenvalue weighted by Crippen LogP contribution is -2.34. The molecule has 6 nitrogen and oxygen atoms in total. The van der Waals surface area contributed by atoms with E-state index in [0.29, 0.717) is 0 Å². The molecule has 0 bridgehead atoms. The van der Waals surface area contributed by atoms with Gasteiger partial charge in [-0.25, -0.2) is 0 Å². The molecule has 0 spiro atoms. The van der Waals surface area contributed by atoms with Crippen molar-refractivity contribution in [3.63, 3.8) is 0 Å². The van der Waals surface area contributed by atoms with Gasteiger partial charge in [0.05, 0.1) is 27.1 Å². The molecule has 8 heteroatoms. The highest BCUT2D eigenvalue weighted by atomic mass is 35.5. The molecule has 1 atom stereocenters. The Labute approximate surface area is 119 Å². The molecule has 104 valence electrons. The van der Waals surface area contributed by atoms with Crippen LogP contribution in [0.1, 0.15) is 12.5 Å².